The van der Waals surface area contributed by atoms with E-state index in [1.165, 1.54) is 31.6 Å². The summed E-state index contributed by atoms with van der Waals surface area (Å²) in [5, 5.41) is 0. The van der Waals surface area contributed by atoms with Gasteiger partial charge in [-0.1, -0.05) is 6.92 Å². The van der Waals surface area contributed by atoms with E-state index in [1.807, 2.05) is 6.20 Å². The normalized spacial score (nSPS) is 22.5. The Bertz CT molecular complexity index is 405. The van der Waals surface area contributed by atoms with Gasteiger partial charge in [-0.15, -0.1) is 0 Å². The molecule has 3 rings (SSSR count). The van der Waals surface area contributed by atoms with Crippen LogP contribution in [0.3, 0.4) is 0 Å². The van der Waals surface area contributed by atoms with Gasteiger partial charge >= 0.3 is 0 Å². The summed E-state index contributed by atoms with van der Waals surface area (Å²) in [6.45, 7) is 6.73. The average Bonchev–Trinajstić information content (AvgIpc) is 3.31. The van der Waals surface area contributed by atoms with Gasteiger partial charge in [0.1, 0.15) is 0 Å². The largest absolute Gasteiger partial charge is 0.368 e. The Kier molecular flexibility index (Phi) is 3.71. The molecule has 0 aromatic carbocycles. The second-order valence-corrected chi connectivity index (χ2v) is 5.71. The number of piperazine rings is 1. The van der Waals surface area contributed by atoms with Crippen LogP contribution in [0.4, 0.5) is 5.69 Å². The first-order valence-corrected chi connectivity index (χ1v) is 7.48. The minimum atomic E-state index is 0.0702. The van der Waals surface area contributed by atoms with E-state index < -0.39 is 0 Å². The minimum Gasteiger partial charge on any atom is -0.368 e. The van der Waals surface area contributed by atoms with Crippen molar-refractivity contribution in [1.82, 2.24) is 9.88 Å². The first-order chi connectivity index (χ1) is 9.28. The SMILES string of the molecule is CC[C@@H](N)c1ccc(N2CCN(C3CC3)CC2)cn1. The second kappa shape index (κ2) is 5.47. The molecule has 19 heavy (non-hydrogen) atoms. The maximum absolute atomic E-state index is 6.00. The summed E-state index contributed by atoms with van der Waals surface area (Å²) >= 11 is 0. The van der Waals surface area contributed by atoms with Gasteiger partial charge in [0.2, 0.25) is 0 Å². The van der Waals surface area contributed by atoms with Crippen LogP contribution in [0.2, 0.25) is 0 Å². The third-order valence-electron chi connectivity index (χ3n) is 4.33. The smallest absolute Gasteiger partial charge is 0.0572 e. The molecule has 1 aromatic rings. The summed E-state index contributed by atoms with van der Waals surface area (Å²) in [6, 6.07) is 5.22. The van der Waals surface area contributed by atoms with Gasteiger partial charge in [0.25, 0.3) is 0 Å². The Morgan fingerprint density at radius 2 is 2.00 bits per heavy atom. The number of aromatic nitrogens is 1. The lowest BCUT2D eigenvalue weighted by molar-refractivity contribution is 0.248. The van der Waals surface area contributed by atoms with Crippen LogP contribution in [0.15, 0.2) is 18.3 Å². The maximum Gasteiger partial charge on any atom is 0.0572 e. The monoisotopic (exact) mass is 260 g/mol. The van der Waals surface area contributed by atoms with Gasteiger partial charge < -0.3 is 10.6 Å². The van der Waals surface area contributed by atoms with Crippen LogP contribution in [0, 0.1) is 0 Å². The highest BCUT2D eigenvalue weighted by Gasteiger charge is 2.31. The van der Waals surface area contributed by atoms with Crippen molar-refractivity contribution in [2.75, 3.05) is 31.1 Å². The summed E-state index contributed by atoms with van der Waals surface area (Å²) in [5.74, 6) is 0. The van der Waals surface area contributed by atoms with Crippen molar-refractivity contribution in [1.29, 1.82) is 0 Å². The Balaban J connectivity index is 1.60. The molecule has 4 nitrogen and oxygen atoms in total. The lowest BCUT2D eigenvalue weighted by atomic mass is 10.1. The Morgan fingerprint density at radius 1 is 1.26 bits per heavy atom. The molecule has 2 aliphatic rings. The molecule has 1 saturated heterocycles. The van der Waals surface area contributed by atoms with Crippen molar-refractivity contribution in [3.63, 3.8) is 0 Å². The number of nitrogens with zero attached hydrogens (tertiary/aromatic N) is 3. The molecule has 1 saturated carbocycles. The van der Waals surface area contributed by atoms with Gasteiger partial charge in [-0.05, 0) is 31.4 Å². The predicted octanol–water partition coefficient (Wildman–Crippen LogP) is 1.78. The molecule has 1 aliphatic carbocycles. The number of hydrogen-bond acceptors (Lipinski definition) is 4. The number of anilines is 1. The summed E-state index contributed by atoms with van der Waals surface area (Å²) in [4.78, 5) is 9.58. The zero-order chi connectivity index (χ0) is 13.2. The summed E-state index contributed by atoms with van der Waals surface area (Å²) in [5.41, 5.74) is 8.24. The molecule has 2 N–H and O–H groups in total. The number of pyridine rings is 1. The Hall–Kier alpha value is -1.13. The van der Waals surface area contributed by atoms with Crippen LogP contribution < -0.4 is 10.6 Å². The lowest BCUT2D eigenvalue weighted by Crippen LogP contribution is -2.47. The highest BCUT2D eigenvalue weighted by atomic mass is 15.3. The zero-order valence-corrected chi connectivity index (χ0v) is 11.8. The molecule has 1 atom stereocenters. The highest BCUT2D eigenvalue weighted by Crippen LogP contribution is 2.28. The predicted molar refractivity (Wildman–Crippen MR) is 78.3 cm³/mol. The second-order valence-electron chi connectivity index (χ2n) is 5.71. The van der Waals surface area contributed by atoms with Crippen LogP contribution in [0.25, 0.3) is 0 Å². The van der Waals surface area contributed by atoms with Crippen molar-refractivity contribution in [3.8, 4) is 0 Å². The van der Waals surface area contributed by atoms with E-state index in [4.69, 9.17) is 5.73 Å². The number of nitrogens with two attached hydrogens (primary N) is 1. The van der Waals surface area contributed by atoms with Crippen molar-refractivity contribution in [3.05, 3.63) is 24.0 Å². The van der Waals surface area contributed by atoms with Gasteiger partial charge in [-0.3, -0.25) is 9.88 Å². The van der Waals surface area contributed by atoms with Gasteiger partial charge in [0.15, 0.2) is 0 Å². The molecule has 104 valence electrons. The van der Waals surface area contributed by atoms with E-state index in [9.17, 15) is 0 Å². The van der Waals surface area contributed by atoms with Crippen LogP contribution >= 0.6 is 0 Å². The minimum absolute atomic E-state index is 0.0702. The molecule has 1 aliphatic heterocycles. The Labute approximate surface area is 115 Å². The first-order valence-electron chi connectivity index (χ1n) is 7.48. The summed E-state index contributed by atoms with van der Waals surface area (Å²) in [6.07, 6.45) is 5.74. The topological polar surface area (TPSA) is 45.4 Å². The maximum atomic E-state index is 6.00. The standard InChI is InChI=1S/C15H24N4/c1-2-14(16)15-6-5-13(11-17-15)19-9-7-18(8-10-19)12-3-4-12/h5-6,11-12,14H,2-4,7-10,16H2,1H3/t14-/m1/s1. The quantitative estimate of drug-likeness (QED) is 0.896. The van der Waals surface area contributed by atoms with E-state index >= 15 is 0 Å². The zero-order valence-electron chi connectivity index (χ0n) is 11.8. The highest BCUT2D eigenvalue weighted by molar-refractivity contribution is 5.45. The number of rotatable bonds is 4. The molecule has 1 aromatic heterocycles. The van der Waals surface area contributed by atoms with Gasteiger partial charge in [-0.2, -0.15) is 0 Å². The van der Waals surface area contributed by atoms with Gasteiger partial charge in [0.05, 0.1) is 17.6 Å². The van der Waals surface area contributed by atoms with E-state index in [-0.39, 0.29) is 6.04 Å². The molecule has 2 heterocycles. The van der Waals surface area contributed by atoms with E-state index in [0.29, 0.717) is 0 Å². The molecule has 0 bridgehead atoms. The molecular weight excluding hydrogens is 236 g/mol. The third-order valence-corrected chi connectivity index (χ3v) is 4.33. The van der Waals surface area contributed by atoms with E-state index in [2.05, 4.69) is 33.8 Å². The molecule has 0 radical (unpaired) electrons. The van der Waals surface area contributed by atoms with Crippen LogP contribution in [0.5, 0.6) is 0 Å². The van der Waals surface area contributed by atoms with Crippen molar-refractivity contribution >= 4 is 5.69 Å². The van der Waals surface area contributed by atoms with Gasteiger partial charge in [-0.25, -0.2) is 0 Å². The molecule has 2 fully saturated rings. The molecule has 0 unspecified atom stereocenters. The molecule has 0 spiro atoms. The van der Waals surface area contributed by atoms with Crippen LogP contribution in [0.1, 0.15) is 37.9 Å². The molecule has 0 amide bonds. The number of hydrogen-bond donors (Lipinski definition) is 1. The fourth-order valence-electron chi connectivity index (χ4n) is 2.80. The van der Waals surface area contributed by atoms with E-state index in [1.54, 1.807) is 0 Å². The Morgan fingerprint density at radius 3 is 2.53 bits per heavy atom. The van der Waals surface area contributed by atoms with Crippen molar-refractivity contribution in [2.24, 2.45) is 5.73 Å². The van der Waals surface area contributed by atoms with Crippen LogP contribution in [-0.4, -0.2) is 42.1 Å². The molecular formula is C15H24N4. The summed E-state index contributed by atoms with van der Waals surface area (Å²) in [7, 11) is 0. The lowest BCUT2D eigenvalue weighted by Gasteiger charge is -2.36. The van der Waals surface area contributed by atoms with Crippen molar-refractivity contribution < 1.29 is 0 Å². The summed E-state index contributed by atoms with van der Waals surface area (Å²) < 4.78 is 0. The average molecular weight is 260 g/mol. The van der Waals surface area contributed by atoms with E-state index in [0.717, 1.165) is 31.2 Å². The van der Waals surface area contributed by atoms with Crippen molar-refractivity contribution in [2.45, 2.75) is 38.3 Å². The van der Waals surface area contributed by atoms with Gasteiger partial charge in [0, 0.05) is 38.3 Å². The fraction of sp³-hybridized carbons (Fsp3) is 0.667. The first kappa shape index (κ1) is 12.9. The fourth-order valence-corrected chi connectivity index (χ4v) is 2.80. The molecule has 4 heteroatoms. The van der Waals surface area contributed by atoms with Crippen LogP contribution in [-0.2, 0) is 0 Å². The third kappa shape index (κ3) is 2.90.